The topological polar surface area (TPSA) is 105 Å². The number of aliphatic imine (C=N–C) groups is 1. The summed E-state index contributed by atoms with van der Waals surface area (Å²) in [5.41, 5.74) is 9.40. The molecule has 2 aromatic rings. The summed E-state index contributed by atoms with van der Waals surface area (Å²) in [6.07, 6.45) is 5.11. The van der Waals surface area contributed by atoms with Gasteiger partial charge in [-0.05, 0) is 58.4 Å². The molecule has 2 unspecified atom stereocenters. The molecule has 4 heterocycles. The Morgan fingerprint density at radius 2 is 1.95 bits per heavy atom. The highest BCUT2D eigenvalue weighted by Crippen LogP contribution is 2.36. The predicted octanol–water partition coefficient (Wildman–Crippen LogP) is 4.12. The number of aryl methyl sites for hydroxylation is 1. The number of rotatable bonds is 4. The standard InChI is InChI=1S/C31H38N6O2/c1-4-6-10-22-17-25-27(35-29(22)36-16-9-11-23(32)18-36)15-14-21(5-2)30(38)37(31(25)39)19-28-33-20(3)24-12-7-8-13-26(24)34-28/h7-8,12-13,21-23H,5,9-11,14-19,32H2,1-3H3/t21?,22?,23-/m1/s1. The van der Waals surface area contributed by atoms with E-state index in [1.165, 1.54) is 4.90 Å². The number of carbonyl (C=O) groups is 2. The first-order valence-corrected chi connectivity index (χ1v) is 14.2. The van der Waals surface area contributed by atoms with Crippen LogP contribution in [0.15, 0.2) is 40.5 Å². The van der Waals surface area contributed by atoms with E-state index in [1.54, 1.807) is 0 Å². The molecular weight excluding hydrogens is 488 g/mol. The number of benzene rings is 1. The average Bonchev–Trinajstić information content (AvgIpc) is 2.94. The zero-order valence-electron chi connectivity index (χ0n) is 23.2. The summed E-state index contributed by atoms with van der Waals surface area (Å²) in [4.78, 5) is 46.1. The molecule has 0 radical (unpaired) electrons. The van der Waals surface area contributed by atoms with Crippen molar-refractivity contribution in [3.05, 3.63) is 47.1 Å². The van der Waals surface area contributed by atoms with Crippen LogP contribution in [0, 0.1) is 30.6 Å². The summed E-state index contributed by atoms with van der Waals surface area (Å²) in [6, 6.07) is 7.93. The number of allylic oxidation sites excluding steroid dienone is 1. The number of hydrogen-bond donors (Lipinski definition) is 1. The van der Waals surface area contributed by atoms with E-state index in [0.29, 0.717) is 43.5 Å². The van der Waals surface area contributed by atoms with Gasteiger partial charge in [-0.2, -0.15) is 0 Å². The maximum Gasteiger partial charge on any atom is 0.258 e. The van der Waals surface area contributed by atoms with E-state index in [1.807, 2.05) is 45.0 Å². The number of aromatic nitrogens is 2. The number of imide groups is 1. The van der Waals surface area contributed by atoms with Crippen molar-refractivity contribution < 1.29 is 9.59 Å². The Balaban J connectivity index is 1.53. The van der Waals surface area contributed by atoms with Gasteiger partial charge in [0.15, 0.2) is 0 Å². The lowest BCUT2D eigenvalue weighted by Gasteiger charge is -2.39. The fourth-order valence-electron chi connectivity index (χ4n) is 6.06. The second-order valence-electron chi connectivity index (χ2n) is 10.9. The Morgan fingerprint density at radius 1 is 1.13 bits per heavy atom. The summed E-state index contributed by atoms with van der Waals surface area (Å²) in [7, 11) is 0. The molecule has 0 saturated carbocycles. The van der Waals surface area contributed by atoms with Crippen LogP contribution in [-0.2, 0) is 16.1 Å². The molecule has 39 heavy (non-hydrogen) atoms. The van der Waals surface area contributed by atoms with Gasteiger partial charge in [0.2, 0.25) is 5.91 Å². The highest BCUT2D eigenvalue weighted by Gasteiger charge is 2.39. The molecule has 1 saturated heterocycles. The third kappa shape index (κ3) is 5.60. The summed E-state index contributed by atoms with van der Waals surface area (Å²) < 4.78 is 0. The van der Waals surface area contributed by atoms with Crippen LogP contribution in [0.2, 0.25) is 0 Å². The second kappa shape index (κ2) is 11.7. The van der Waals surface area contributed by atoms with Crippen LogP contribution in [0.5, 0.6) is 0 Å². The Kier molecular flexibility index (Phi) is 8.08. The van der Waals surface area contributed by atoms with Crippen LogP contribution < -0.4 is 5.73 Å². The maximum absolute atomic E-state index is 14.2. The molecule has 5 rings (SSSR count). The molecule has 1 aromatic carbocycles. The second-order valence-corrected chi connectivity index (χ2v) is 10.9. The van der Waals surface area contributed by atoms with Gasteiger partial charge in [-0.15, -0.1) is 11.8 Å². The SMILES string of the molecule is CC#CCC1CC2=C(CCC(CC)C(=O)N(Cc3nc(C)c4ccccc4n3)C2=O)N=C1N1CCC[C@@H](N)C1. The maximum atomic E-state index is 14.2. The number of fused-ring (bicyclic) bond motifs is 1. The third-order valence-electron chi connectivity index (χ3n) is 8.20. The largest absolute Gasteiger partial charge is 0.358 e. The summed E-state index contributed by atoms with van der Waals surface area (Å²) in [5.74, 6) is 7.01. The molecule has 204 valence electrons. The Labute approximate surface area is 230 Å². The molecule has 8 nitrogen and oxygen atoms in total. The number of nitrogens with zero attached hydrogens (tertiary/aromatic N) is 5. The van der Waals surface area contributed by atoms with Crippen LogP contribution in [0.1, 0.15) is 70.3 Å². The smallest absolute Gasteiger partial charge is 0.258 e. The molecule has 2 amide bonds. The van der Waals surface area contributed by atoms with E-state index >= 15 is 0 Å². The van der Waals surface area contributed by atoms with Gasteiger partial charge in [0, 0.05) is 54.0 Å². The number of carbonyl (C=O) groups excluding carboxylic acids is 2. The monoisotopic (exact) mass is 526 g/mol. The zero-order valence-corrected chi connectivity index (χ0v) is 23.2. The number of nitrogens with two attached hydrogens (primary N) is 1. The lowest BCUT2D eigenvalue weighted by atomic mass is 9.85. The molecule has 3 atom stereocenters. The molecule has 2 N–H and O–H groups in total. The number of amides is 2. The van der Waals surface area contributed by atoms with Crippen LogP contribution in [-0.4, -0.2) is 56.5 Å². The lowest BCUT2D eigenvalue weighted by molar-refractivity contribution is -0.147. The van der Waals surface area contributed by atoms with E-state index < -0.39 is 0 Å². The van der Waals surface area contributed by atoms with Crippen LogP contribution in [0.3, 0.4) is 0 Å². The third-order valence-corrected chi connectivity index (χ3v) is 8.20. The minimum absolute atomic E-state index is 0.0111. The first kappa shape index (κ1) is 27.0. The van der Waals surface area contributed by atoms with Gasteiger partial charge in [0.05, 0.1) is 17.8 Å². The molecule has 1 aromatic heterocycles. The van der Waals surface area contributed by atoms with E-state index in [2.05, 4.69) is 21.7 Å². The molecular formula is C31H38N6O2. The van der Waals surface area contributed by atoms with Gasteiger partial charge in [-0.1, -0.05) is 25.1 Å². The van der Waals surface area contributed by atoms with Gasteiger partial charge >= 0.3 is 0 Å². The highest BCUT2D eigenvalue weighted by atomic mass is 16.2. The van der Waals surface area contributed by atoms with E-state index in [4.69, 9.17) is 15.7 Å². The van der Waals surface area contributed by atoms with Crippen molar-refractivity contribution in [2.24, 2.45) is 22.6 Å². The zero-order chi connectivity index (χ0) is 27.5. The van der Waals surface area contributed by atoms with Gasteiger partial charge < -0.3 is 10.6 Å². The quantitative estimate of drug-likeness (QED) is 0.475. The van der Waals surface area contributed by atoms with Crippen molar-refractivity contribution >= 4 is 28.6 Å². The minimum atomic E-state index is -0.268. The van der Waals surface area contributed by atoms with Crippen molar-refractivity contribution in [2.75, 3.05) is 13.1 Å². The molecule has 1 fully saturated rings. The van der Waals surface area contributed by atoms with Crippen LogP contribution >= 0.6 is 0 Å². The number of hydrogen-bond acceptors (Lipinski definition) is 7. The summed E-state index contributed by atoms with van der Waals surface area (Å²) >= 11 is 0. The molecule has 0 bridgehead atoms. The van der Waals surface area contributed by atoms with E-state index in [0.717, 1.165) is 54.1 Å². The number of likely N-dealkylation sites (tertiary alicyclic amines) is 1. The number of amidine groups is 1. The number of para-hydroxylation sites is 1. The lowest BCUT2D eigenvalue weighted by Crippen LogP contribution is -2.49. The van der Waals surface area contributed by atoms with Crippen molar-refractivity contribution in [1.82, 2.24) is 19.8 Å². The van der Waals surface area contributed by atoms with Crippen LogP contribution in [0.4, 0.5) is 0 Å². The first-order chi connectivity index (χ1) is 18.9. The van der Waals surface area contributed by atoms with Crippen molar-refractivity contribution in [2.45, 2.75) is 78.3 Å². The van der Waals surface area contributed by atoms with E-state index in [9.17, 15) is 9.59 Å². The normalized spacial score (nSPS) is 24.1. The fraction of sp³-hybridized carbons (Fsp3) is 0.516. The molecule has 3 aliphatic heterocycles. The van der Waals surface area contributed by atoms with Crippen molar-refractivity contribution in [1.29, 1.82) is 0 Å². The number of piperidine rings is 1. The van der Waals surface area contributed by atoms with Gasteiger partial charge in [-0.3, -0.25) is 14.5 Å². The minimum Gasteiger partial charge on any atom is -0.358 e. The Morgan fingerprint density at radius 3 is 2.72 bits per heavy atom. The predicted molar refractivity (Wildman–Crippen MR) is 152 cm³/mol. The highest BCUT2D eigenvalue weighted by molar-refractivity contribution is 6.07. The molecule has 3 aliphatic rings. The van der Waals surface area contributed by atoms with Crippen molar-refractivity contribution in [3.8, 4) is 11.8 Å². The fourth-order valence-corrected chi connectivity index (χ4v) is 6.06. The molecule has 0 spiro atoms. The first-order valence-electron chi connectivity index (χ1n) is 14.2. The Bertz CT molecular complexity index is 1400. The molecule has 8 heteroatoms. The Hall–Kier alpha value is -3.57. The van der Waals surface area contributed by atoms with E-state index in [-0.39, 0.29) is 36.2 Å². The van der Waals surface area contributed by atoms with Crippen molar-refractivity contribution in [3.63, 3.8) is 0 Å². The van der Waals surface area contributed by atoms with Gasteiger partial charge in [0.25, 0.3) is 5.91 Å². The summed E-state index contributed by atoms with van der Waals surface area (Å²) in [6.45, 7) is 7.51. The van der Waals surface area contributed by atoms with Gasteiger partial charge in [-0.25, -0.2) is 15.0 Å². The summed E-state index contributed by atoms with van der Waals surface area (Å²) in [5, 5.41) is 0.967. The average molecular weight is 527 g/mol. The van der Waals surface area contributed by atoms with Crippen LogP contribution in [0.25, 0.3) is 10.9 Å². The molecule has 0 aliphatic carbocycles. The van der Waals surface area contributed by atoms with Gasteiger partial charge in [0.1, 0.15) is 11.7 Å².